The van der Waals surface area contributed by atoms with Gasteiger partial charge in [0.1, 0.15) is 6.54 Å². The molecule has 3 aromatic rings. The summed E-state index contributed by atoms with van der Waals surface area (Å²) < 4.78 is 10.8. The van der Waals surface area contributed by atoms with Crippen LogP contribution in [-0.2, 0) is 17.8 Å². The average Bonchev–Trinajstić information content (AvgIpc) is 3.69. The predicted molar refractivity (Wildman–Crippen MR) is 155 cm³/mol. The summed E-state index contributed by atoms with van der Waals surface area (Å²) in [5.74, 6) is 1.28. The normalized spacial score (nSPS) is 12.6. The number of hydrogen-bond acceptors (Lipinski definition) is 6. The second-order valence-corrected chi connectivity index (χ2v) is 11.5. The van der Waals surface area contributed by atoms with Crippen molar-refractivity contribution in [1.82, 2.24) is 9.80 Å². The number of urea groups is 1. The lowest BCUT2D eigenvalue weighted by Gasteiger charge is -2.28. The second kappa shape index (κ2) is 13.1. The molecule has 0 spiro atoms. The van der Waals surface area contributed by atoms with Crippen molar-refractivity contribution in [3.05, 3.63) is 69.9 Å². The monoisotopic (exact) mass is 553 g/mol. The molecule has 0 unspecified atom stereocenters. The Morgan fingerprint density at radius 2 is 1.76 bits per heavy atom. The minimum Gasteiger partial charge on any atom is -0.493 e. The molecule has 0 radical (unpaired) electrons. The van der Waals surface area contributed by atoms with Crippen LogP contribution in [0.1, 0.15) is 28.2 Å². The Labute approximate surface area is 233 Å². The van der Waals surface area contributed by atoms with Gasteiger partial charge >= 0.3 is 6.03 Å². The number of rotatable bonds is 12. The van der Waals surface area contributed by atoms with Crippen molar-refractivity contribution < 1.29 is 19.1 Å². The van der Waals surface area contributed by atoms with Crippen molar-refractivity contribution >= 4 is 40.7 Å². The summed E-state index contributed by atoms with van der Waals surface area (Å²) in [6, 6.07) is 17.6. The third-order valence-electron chi connectivity index (χ3n) is 6.51. The minimum atomic E-state index is -0.232. The number of thiophene rings is 1. The van der Waals surface area contributed by atoms with E-state index in [2.05, 4.69) is 24.4 Å². The fourth-order valence-corrected chi connectivity index (χ4v) is 5.53. The molecule has 0 bridgehead atoms. The highest BCUT2D eigenvalue weighted by atomic mass is 32.2. The van der Waals surface area contributed by atoms with Gasteiger partial charge in [0.15, 0.2) is 11.5 Å². The summed E-state index contributed by atoms with van der Waals surface area (Å²) in [7, 11) is 3.23. The number of carbonyl (C=O) groups excluding carboxylic acids is 2. The first kappa shape index (κ1) is 27.9. The van der Waals surface area contributed by atoms with Crippen LogP contribution in [0.2, 0.25) is 0 Å². The Kier molecular flexibility index (Phi) is 9.58. The molecule has 0 saturated heterocycles. The molecule has 0 atom stereocenters. The standard InChI is InChI=1S/C29H35N3O4S2/c1-20-5-11-25(38-20)18-31(16-15-21-6-14-26(35-2)27(17-21)36-3)28(33)19-32(23-9-10-23)29(34)30-22-7-12-24(37-4)13-8-22/h5-8,11-14,17,23H,9-10,15-16,18-19H2,1-4H3,(H,30,34). The molecule has 202 valence electrons. The van der Waals surface area contributed by atoms with Gasteiger partial charge in [0.25, 0.3) is 0 Å². The van der Waals surface area contributed by atoms with Crippen LogP contribution in [0.5, 0.6) is 11.5 Å². The molecular formula is C29H35N3O4S2. The summed E-state index contributed by atoms with van der Waals surface area (Å²) in [6.45, 7) is 3.16. The number of aryl methyl sites for hydroxylation is 1. The Morgan fingerprint density at radius 3 is 2.37 bits per heavy atom. The molecule has 1 N–H and O–H groups in total. The highest BCUT2D eigenvalue weighted by Gasteiger charge is 2.35. The van der Waals surface area contributed by atoms with Gasteiger partial charge in [-0.25, -0.2) is 4.79 Å². The Morgan fingerprint density at radius 1 is 1.03 bits per heavy atom. The highest BCUT2D eigenvalue weighted by molar-refractivity contribution is 7.98. The van der Waals surface area contributed by atoms with Crippen LogP contribution in [0.4, 0.5) is 10.5 Å². The Balaban J connectivity index is 1.46. The Bertz CT molecular complexity index is 1240. The van der Waals surface area contributed by atoms with Gasteiger partial charge in [0.05, 0.1) is 20.8 Å². The number of benzene rings is 2. The molecule has 38 heavy (non-hydrogen) atoms. The van der Waals surface area contributed by atoms with Gasteiger partial charge in [0, 0.05) is 32.9 Å². The molecule has 1 aromatic heterocycles. The molecule has 4 rings (SSSR count). The zero-order chi connectivity index (χ0) is 27.1. The quantitative estimate of drug-likeness (QED) is 0.276. The van der Waals surface area contributed by atoms with E-state index in [0.717, 1.165) is 33.9 Å². The van der Waals surface area contributed by atoms with E-state index in [4.69, 9.17) is 9.47 Å². The number of ether oxygens (including phenoxy) is 2. The fourth-order valence-electron chi connectivity index (χ4n) is 4.22. The molecule has 2 aromatic carbocycles. The van der Waals surface area contributed by atoms with Crippen LogP contribution in [0.15, 0.2) is 59.5 Å². The number of amides is 3. The van der Waals surface area contributed by atoms with E-state index < -0.39 is 0 Å². The van der Waals surface area contributed by atoms with E-state index >= 15 is 0 Å². The molecule has 7 nitrogen and oxygen atoms in total. The van der Waals surface area contributed by atoms with E-state index in [1.165, 1.54) is 4.88 Å². The molecular weight excluding hydrogens is 518 g/mol. The van der Waals surface area contributed by atoms with E-state index in [9.17, 15) is 9.59 Å². The minimum absolute atomic E-state index is 0.0513. The smallest absolute Gasteiger partial charge is 0.322 e. The number of nitrogens with zero attached hydrogens (tertiary/aromatic N) is 2. The maximum Gasteiger partial charge on any atom is 0.322 e. The van der Waals surface area contributed by atoms with Gasteiger partial charge < -0.3 is 24.6 Å². The molecule has 3 amide bonds. The third-order valence-corrected chi connectivity index (χ3v) is 8.24. The van der Waals surface area contributed by atoms with Crippen molar-refractivity contribution in [1.29, 1.82) is 0 Å². The van der Waals surface area contributed by atoms with Gasteiger partial charge in [-0.1, -0.05) is 6.07 Å². The molecule has 1 fully saturated rings. The molecule has 1 saturated carbocycles. The van der Waals surface area contributed by atoms with Gasteiger partial charge in [-0.15, -0.1) is 23.1 Å². The summed E-state index contributed by atoms with van der Waals surface area (Å²) in [6.07, 6.45) is 4.51. The number of hydrogen-bond donors (Lipinski definition) is 1. The van der Waals surface area contributed by atoms with E-state index in [0.29, 0.717) is 31.0 Å². The Hall–Kier alpha value is -3.17. The lowest BCUT2D eigenvalue weighted by Crippen LogP contribution is -2.45. The number of thioether (sulfide) groups is 1. The third kappa shape index (κ3) is 7.45. The summed E-state index contributed by atoms with van der Waals surface area (Å²) >= 11 is 3.34. The van der Waals surface area contributed by atoms with Crippen molar-refractivity contribution in [3.63, 3.8) is 0 Å². The summed E-state index contributed by atoms with van der Waals surface area (Å²) in [5.41, 5.74) is 1.78. The number of methoxy groups -OCH3 is 2. The first-order chi connectivity index (χ1) is 18.4. The van der Waals surface area contributed by atoms with Crippen molar-refractivity contribution in [3.8, 4) is 11.5 Å². The maximum absolute atomic E-state index is 13.6. The average molecular weight is 554 g/mol. The lowest BCUT2D eigenvalue weighted by molar-refractivity contribution is -0.132. The van der Waals surface area contributed by atoms with Crippen molar-refractivity contribution in [2.75, 3.05) is 38.9 Å². The van der Waals surface area contributed by atoms with Crippen molar-refractivity contribution in [2.24, 2.45) is 0 Å². The molecule has 1 aliphatic rings. The molecule has 9 heteroatoms. The zero-order valence-corrected chi connectivity index (χ0v) is 24.0. The van der Waals surface area contributed by atoms with E-state index in [1.54, 1.807) is 42.2 Å². The van der Waals surface area contributed by atoms with E-state index in [1.807, 2.05) is 53.6 Å². The largest absolute Gasteiger partial charge is 0.493 e. The lowest BCUT2D eigenvalue weighted by atomic mass is 10.1. The molecule has 1 aliphatic carbocycles. The number of anilines is 1. The molecule has 0 aliphatic heterocycles. The van der Waals surface area contributed by atoms with Crippen molar-refractivity contribution in [2.45, 2.75) is 43.7 Å². The fraction of sp³-hybridized carbons (Fsp3) is 0.379. The summed E-state index contributed by atoms with van der Waals surface area (Å²) in [4.78, 5) is 33.8. The van der Waals surface area contributed by atoms with Gasteiger partial charge in [0.2, 0.25) is 5.91 Å². The second-order valence-electron chi connectivity index (χ2n) is 9.28. The first-order valence-electron chi connectivity index (χ1n) is 12.7. The molecule has 1 heterocycles. The van der Waals surface area contributed by atoms with E-state index in [-0.39, 0.29) is 24.5 Å². The highest BCUT2D eigenvalue weighted by Crippen LogP contribution is 2.29. The van der Waals surface area contributed by atoms with Crippen LogP contribution >= 0.6 is 23.1 Å². The zero-order valence-electron chi connectivity index (χ0n) is 22.4. The topological polar surface area (TPSA) is 71.1 Å². The first-order valence-corrected chi connectivity index (χ1v) is 14.7. The maximum atomic E-state index is 13.6. The van der Waals surface area contributed by atoms with Crippen LogP contribution in [0.25, 0.3) is 0 Å². The van der Waals surface area contributed by atoms with Gasteiger partial charge in [-0.3, -0.25) is 4.79 Å². The summed E-state index contributed by atoms with van der Waals surface area (Å²) in [5, 5.41) is 2.98. The number of carbonyl (C=O) groups is 2. The van der Waals surface area contributed by atoms with Crippen LogP contribution in [-0.4, -0.2) is 61.3 Å². The predicted octanol–water partition coefficient (Wildman–Crippen LogP) is 6.06. The van der Waals surface area contributed by atoms with Crippen LogP contribution in [0, 0.1) is 6.92 Å². The number of nitrogens with one attached hydrogen (secondary N) is 1. The van der Waals surface area contributed by atoms with Gasteiger partial charge in [-0.05, 0) is 86.5 Å². The van der Waals surface area contributed by atoms with Crippen LogP contribution < -0.4 is 14.8 Å². The van der Waals surface area contributed by atoms with Crippen LogP contribution in [0.3, 0.4) is 0 Å². The SMILES string of the molecule is COc1ccc(CCN(Cc2ccc(C)s2)C(=O)CN(C(=O)Nc2ccc(SC)cc2)C2CC2)cc1OC. The van der Waals surface area contributed by atoms with Gasteiger partial charge in [-0.2, -0.15) is 0 Å².